The number of nitrogens with zero attached hydrogens (tertiary/aromatic N) is 1. The molecule has 0 aromatic carbocycles. The van der Waals surface area contributed by atoms with E-state index < -0.39 is 0 Å². The quantitative estimate of drug-likeness (QED) is 0.667. The SMILES string of the molecule is CNCCC(=O)NCCNc1ncc(Cl)cc1Cl. The first-order valence-electron chi connectivity index (χ1n) is 5.59. The standard InChI is InChI=1S/C11H16Cl2N4O/c1-14-3-2-10(18)15-4-5-16-11-9(13)6-8(12)7-17-11/h6-7,14H,2-5H2,1H3,(H,15,18)(H,16,17). The van der Waals surface area contributed by atoms with Crippen LogP contribution in [0.4, 0.5) is 5.82 Å². The molecule has 0 radical (unpaired) electrons. The Hall–Kier alpha value is -1.04. The Balaban J connectivity index is 2.23. The number of rotatable bonds is 7. The van der Waals surface area contributed by atoms with E-state index in [9.17, 15) is 4.79 Å². The number of nitrogens with one attached hydrogen (secondary N) is 3. The van der Waals surface area contributed by atoms with E-state index in [0.717, 1.165) is 0 Å². The molecule has 0 saturated heterocycles. The molecule has 3 N–H and O–H groups in total. The number of hydrogen-bond acceptors (Lipinski definition) is 4. The molecular weight excluding hydrogens is 275 g/mol. The van der Waals surface area contributed by atoms with Gasteiger partial charge >= 0.3 is 0 Å². The Morgan fingerprint density at radius 3 is 2.78 bits per heavy atom. The highest BCUT2D eigenvalue weighted by atomic mass is 35.5. The summed E-state index contributed by atoms with van der Waals surface area (Å²) in [6, 6.07) is 1.62. The van der Waals surface area contributed by atoms with E-state index in [-0.39, 0.29) is 5.91 Å². The number of carbonyl (C=O) groups excluding carboxylic acids is 1. The molecule has 1 rings (SSSR count). The molecule has 18 heavy (non-hydrogen) atoms. The lowest BCUT2D eigenvalue weighted by Crippen LogP contribution is -2.30. The van der Waals surface area contributed by atoms with E-state index in [0.29, 0.717) is 41.9 Å². The van der Waals surface area contributed by atoms with E-state index in [1.807, 2.05) is 7.05 Å². The van der Waals surface area contributed by atoms with Crippen molar-refractivity contribution in [3.63, 3.8) is 0 Å². The summed E-state index contributed by atoms with van der Waals surface area (Å²) in [5, 5.41) is 9.66. The van der Waals surface area contributed by atoms with Crippen LogP contribution in [0.25, 0.3) is 0 Å². The topological polar surface area (TPSA) is 66.1 Å². The predicted molar refractivity (Wildman–Crippen MR) is 74.3 cm³/mol. The lowest BCUT2D eigenvalue weighted by molar-refractivity contribution is -0.120. The second kappa shape index (κ2) is 8.13. The molecule has 1 heterocycles. The lowest BCUT2D eigenvalue weighted by atomic mass is 10.4. The van der Waals surface area contributed by atoms with Gasteiger partial charge in [0.2, 0.25) is 5.91 Å². The summed E-state index contributed by atoms with van der Waals surface area (Å²) in [5.74, 6) is 0.576. The molecule has 0 unspecified atom stereocenters. The van der Waals surface area contributed by atoms with Gasteiger partial charge < -0.3 is 16.0 Å². The van der Waals surface area contributed by atoms with Crippen LogP contribution in [0.15, 0.2) is 12.3 Å². The zero-order chi connectivity index (χ0) is 13.4. The minimum Gasteiger partial charge on any atom is -0.367 e. The summed E-state index contributed by atoms with van der Waals surface area (Å²) in [6.07, 6.45) is 1.98. The predicted octanol–water partition coefficient (Wildman–Crippen LogP) is 1.53. The van der Waals surface area contributed by atoms with Gasteiger partial charge in [0.05, 0.1) is 10.0 Å². The van der Waals surface area contributed by atoms with Crippen molar-refractivity contribution in [3.8, 4) is 0 Å². The summed E-state index contributed by atoms with van der Waals surface area (Å²) < 4.78 is 0. The molecule has 7 heteroatoms. The third kappa shape index (κ3) is 5.53. The molecule has 5 nitrogen and oxygen atoms in total. The molecule has 0 saturated carbocycles. The molecule has 1 amide bonds. The molecule has 0 aliphatic heterocycles. The van der Waals surface area contributed by atoms with E-state index >= 15 is 0 Å². The zero-order valence-corrected chi connectivity index (χ0v) is 11.6. The number of pyridine rings is 1. The Morgan fingerprint density at radius 2 is 2.11 bits per heavy atom. The Kier molecular flexibility index (Phi) is 6.78. The number of anilines is 1. The van der Waals surface area contributed by atoms with Gasteiger partial charge in [-0.3, -0.25) is 4.79 Å². The van der Waals surface area contributed by atoms with Gasteiger partial charge in [-0.2, -0.15) is 0 Å². The van der Waals surface area contributed by atoms with Crippen LogP contribution in [0.3, 0.4) is 0 Å². The fourth-order valence-corrected chi connectivity index (χ4v) is 1.70. The van der Waals surface area contributed by atoms with Gasteiger partial charge in [0.15, 0.2) is 0 Å². The van der Waals surface area contributed by atoms with Gasteiger partial charge in [0, 0.05) is 32.3 Å². The van der Waals surface area contributed by atoms with Crippen molar-refractivity contribution in [1.82, 2.24) is 15.6 Å². The highest BCUT2D eigenvalue weighted by Gasteiger charge is 2.02. The Labute approximate surface area is 116 Å². The fourth-order valence-electron chi connectivity index (χ4n) is 1.25. The molecule has 1 aromatic rings. The Morgan fingerprint density at radius 1 is 1.33 bits per heavy atom. The highest BCUT2D eigenvalue weighted by Crippen LogP contribution is 2.21. The largest absolute Gasteiger partial charge is 0.367 e. The first kappa shape index (κ1) is 15.0. The minimum atomic E-state index is 0.0151. The second-order valence-electron chi connectivity index (χ2n) is 3.61. The molecule has 0 bridgehead atoms. The molecule has 0 fully saturated rings. The average molecular weight is 291 g/mol. The van der Waals surface area contributed by atoms with Crippen molar-refractivity contribution in [1.29, 1.82) is 0 Å². The van der Waals surface area contributed by atoms with Gasteiger partial charge in [-0.05, 0) is 13.1 Å². The van der Waals surface area contributed by atoms with Crippen molar-refractivity contribution in [3.05, 3.63) is 22.3 Å². The van der Waals surface area contributed by atoms with Crippen LogP contribution < -0.4 is 16.0 Å². The molecule has 0 atom stereocenters. The third-order valence-electron chi connectivity index (χ3n) is 2.15. The number of hydrogen-bond donors (Lipinski definition) is 3. The number of amides is 1. The van der Waals surface area contributed by atoms with E-state index in [1.165, 1.54) is 6.20 Å². The highest BCUT2D eigenvalue weighted by molar-refractivity contribution is 6.35. The maximum atomic E-state index is 11.3. The smallest absolute Gasteiger partial charge is 0.221 e. The maximum Gasteiger partial charge on any atom is 0.221 e. The normalized spacial score (nSPS) is 10.2. The Bertz CT molecular complexity index is 401. The first-order valence-corrected chi connectivity index (χ1v) is 6.35. The minimum absolute atomic E-state index is 0.0151. The first-order chi connectivity index (χ1) is 8.63. The summed E-state index contributed by atoms with van der Waals surface area (Å²) in [7, 11) is 1.81. The van der Waals surface area contributed by atoms with Gasteiger partial charge in [-0.25, -0.2) is 4.98 Å². The number of halogens is 2. The molecule has 1 aromatic heterocycles. The van der Waals surface area contributed by atoms with E-state index in [1.54, 1.807) is 6.07 Å². The van der Waals surface area contributed by atoms with Crippen LogP contribution >= 0.6 is 23.2 Å². The van der Waals surface area contributed by atoms with Crippen molar-refractivity contribution >= 4 is 34.9 Å². The van der Waals surface area contributed by atoms with Gasteiger partial charge in [-0.15, -0.1) is 0 Å². The second-order valence-corrected chi connectivity index (χ2v) is 4.46. The monoisotopic (exact) mass is 290 g/mol. The van der Waals surface area contributed by atoms with E-state index in [4.69, 9.17) is 23.2 Å². The van der Waals surface area contributed by atoms with Gasteiger partial charge in [-0.1, -0.05) is 23.2 Å². The van der Waals surface area contributed by atoms with Crippen molar-refractivity contribution in [2.75, 3.05) is 32.0 Å². The van der Waals surface area contributed by atoms with Crippen LogP contribution in [-0.2, 0) is 4.79 Å². The summed E-state index contributed by atoms with van der Waals surface area (Å²) >= 11 is 11.7. The van der Waals surface area contributed by atoms with Gasteiger partial charge in [0.1, 0.15) is 5.82 Å². The average Bonchev–Trinajstić information content (AvgIpc) is 2.34. The third-order valence-corrected chi connectivity index (χ3v) is 2.64. The van der Waals surface area contributed by atoms with Crippen LogP contribution in [0, 0.1) is 0 Å². The molecule has 100 valence electrons. The summed E-state index contributed by atoms with van der Waals surface area (Å²) in [5.41, 5.74) is 0. The lowest BCUT2D eigenvalue weighted by Gasteiger charge is -2.08. The molecule has 0 aliphatic carbocycles. The van der Waals surface area contributed by atoms with Crippen LogP contribution in [0.5, 0.6) is 0 Å². The van der Waals surface area contributed by atoms with Crippen LogP contribution in [-0.4, -0.2) is 37.6 Å². The molecule has 0 spiro atoms. The molecule has 0 aliphatic rings. The van der Waals surface area contributed by atoms with Gasteiger partial charge in [0.25, 0.3) is 0 Å². The summed E-state index contributed by atoms with van der Waals surface area (Å²) in [6.45, 7) is 1.74. The van der Waals surface area contributed by atoms with Crippen LogP contribution in [0.2, 0.25) is 10.0 Å². The number of aromatic nitrogens is 1. The van der Waals surface area contributed by atoms with Crippen LogP contribution in [0.1, 0.15) is 6.42 Å². The summed E-state index contributed by atoms with van der Waals surface area (Å²) in [4.78, 5) is 15.3. The number of carbonyl (C=O) groups is 1. The van der Waals surface area contributed by atoms with Crippen molar-refractivity contribution in [2.45, 2.75) is 6.42 Å². The van der Waals surface area contributed by atoms with Crippen molar-refractivity contribution < 1.29 is 4.79 Å². The fraction of sp³-hybridized carbons (Fsp3) is 0.455. The zero-order valence-electron chi connectivity index (χ0n) is 10.1. The van der Waals surface area contributed by atoms with Crippen molar-refractivity contribution in [2.24, 2.45) is 0 Å². The maximum absolute atomic E-state index is 11.3. The van der Waals surface area contributed by atoms with E-state index in [2.05, 4.69) is 20.9 Å². The molecular formula is C11H16Cl2N4O.